The van der Waals surface area contributed by atoms with Gasteiger partial charge in [-0.25, -0.2) is 0 Å². The summed E-state index contributed by atoms with van der Waals surface area (Å²) < 4.78 is 5.00. The zero-order chi connectivity index (χ0) is 11.8. The van der Waals surface area contributed by atoms with Gasteiger partial charge in [0.25, 0.3) is 0 Å². The van der Waals surface area contributed by atoms with Crippen molar-refractivity contribution >= 4 is 0 Å². The Morgan fingerprint density at radius 3 is 2.12 bits per heavy atom. The number of pyridine rings is 1. The molecule has 16 heavy (non-hydrogen) atoms. The van der Waals surface area contributed by atoms with E-state index in [1.807, 2.05) is 56.4 Å². The monoisotopic (exact) mass is 215 g/mol. The van der Waals surface area contributed by atoms with E-state index in [0.29, 0.717) is 0 Å². The van der Waals surface area contributed by atoms with Crippen molar-refractivity contribution in [3.63, 3.8) is 0 Å². The first kappa shape index (κ1) is 12.2. The number of methoxy groups -OCH3 is 1. The minimum Gasteiger partial charge on any atom is -0.497 e. The second kappa shape index (κ2) is 6.62. The molecule has 2 nitrogen and oxygen atoms in total. The molecule has 0 bridgehead atoms. The summed E-state index contributed by atoms with van der Waals surface area (Å²) in [5.74, 6) is 0.926. The number of ether oxygens (including phenoxy) is 1. The van der Waals surface area contributed by atoms with Crippen LogP contribution in [0, 0.1) is 13.8 Å². The molecule has 0 aliphatic heterocycles. The summed E-state index contributed by atoms with van der Waals surface area (Å²) in [4.78, 5) is 3.88. The fourth-order valence-electron chi connectivity index (χ4n) is 1.19. The van der Waals surface area contributed by atoms with Crippen LogP contribution in [0.25, 0.3) is 0 Å². The van der Waals surface area contributed by atoms with Crippen LogP contribution >= 0.6 is 0 Å². The molecule has 0 N–H and O–H groups in total. The highest BCUT2D eigenvalue weighted by atomic mass is 16.5. The van der Waals surface area contributed by atoms with Gasteiger partial charge in [0, 0.05) is 12.4 Å². The van der Waals surface area contributed by atoms with Crippen molar-refractivity contribution in [1.82, 2.24) is 4.98 Å². The molecule has 0 aliphatic rings. The predicted octanol–water partition coefficient (Wildman–Crippen LogP) is 3.39. The summed E-state index contributed by atoms with van der Waals surface area (Å²) in [7, 11) is 1.68. The summed E-state index contributed by atoms with van der Waals surface area (Å²) >= 11 is 0. The van der Waals surface area contributed by atoms with Crippen molar-refractivity contribution in [2.75, 3.05) is 7.11 Å². The second-order valence-corrected chi connectivity index (χ2v) is 3.55. The minimum atomic E-state index is 0.926. The summed E-state index contributed by atoms with van der Waals surface area (Å²) in [6.45, 7) is 4.06. The summed E-state index contributed by atoms with van der Waals surface area (Å²) in [6.07, 6.45) is 3.60. The molecule has 2 heteroatoms. The summed E-state index contributed by atoms with van der Waals surface area (Å²) in [5.41, 5.74) is 2.44. The molecule has 1 heterocycles. The van der Waals surface area contributed by atoms with E-state index in [1.165, 1.54) is 11.1 Å². The molecule has 0 spiro atoms. The van der Waals surface area contributed by atoms with Gasteiger partial charge in [-0.2, -0.15) is 0 Å². The molecule has 0 atom stereocenters. The van der Waals surface area contributed by atoms with Gasteiger partial charge in [0.05, 0.1) is 7.11 Å². The van der Waals surface area contributed by atoms with Gasteiger partial charge in [0.2, 0.25) is 0 Å². The van der Waals surface area contributed by atoms with Crippen LogP contribution in [0.3, 0.4) is 0 Å². The number of benzene rings is 1. The third-order valence-corrected chi connectivity index (χ3v) is 2.03. The van der Waals surface area contributed by atoms with E-state index in [1.54, 1.807) is 13.3 Å². The lowest BCUT2D eigenvalue weighted by Gasteiger charge is -1.97. The van der Waals surface area contributed by atoms with Gasteiger partial charge in [-0.05, 0) is 43.2 Å². The lowest BCUT2D eigenvalue weighted by molar-refractivity contribution is 0.414. The van der Waals surface area contributed by atoms with Gasteiger partial charge >= 0.3 is 0 Å². The van der Waals surface area contributed by atoms with Crippen molar-refractivity contribution in [1.29, 1.82) is 0 Å². The van der Waals surface area contributed by atoms with E-state index in [0.717, 1.165) is 5.75 Å². The maximum atomic E-state index is 5.00. The van der Waals surface area contributed by atoms with Crippen LogP contribution in [0.1, 0.15) is 11.1 Å². The Morgan fingerprint density at radius 2 is 1.75 bits per heavy atom. The van der Waals surface area contributed by atoms with Crippen LogP contribution in [0.2, 0.25) is 0 Å². The molecule has 2 rings (SSSR count). The van der Waals surface area contributed by atoms with Crippen molar-refractivity contribution in [3.8, 4) is 5.75 Å². The van der Waals surface area contributed by atoms with E-state index in [-0.39, 0.29) is 0 Å². The fourth-order valence-corrected chi connectivity index (χ4v) is 1.19. The van der Waals surface area contributed by atoms with Crippen LogP contribution in [0.15, 0.2) is 48.8 Å². The van der Waals surface area contributed by atoms with Crippen LogP contribution in [-0.4, -0.2) is 12.1 Å². The van der Waals surface area contributed by atoms with Gasteiger partial charge in [-0.3, -0.25) is 4.98 Å². The molecule has 0 saturated heterocycles. The van der Waals surface area contributed by atoms with E-state index in [4.69, 9.17) is 4.74 Å². The molecule has 84 valence electrons. The lowest BCUT2D eigenvalue weighted by Crippen LogP contribution is -1.81. The van der Waals surface area contributed by atoms with E-state index in [9.17, 15) is 0 Å². The number of rotatable bonds is 1. The predicted molar refractivity (Wildman–Crippen MR) is 66.7 cm³/mol. The maximum Gasteiger partial charge on any atom is 0.119 e. The van der Waals surface area contributed by atoms with Crippen LogP contribution < -0.4 is 4.74 Å². The zero-order valence-electron chi connectivity index (χ0n) is 9.97. The largest absolute Gasteiger partial charge is 0.497 e. The number of aryl methyl sites for hydroxylation is 2. The van der Waals surface area contributed by atoms with E-state index >= 15 is 0 Å². The van der Waals surface area contributed by atoms with E-state index < -0.39 is 0 Å². The molecule has 0 fully saturated rings. The highest BCUT2D eigenvalue weighted by Gasteiger charge is 1.86. The molecule has 1 aromatic carbocycles. The number of hydrogen-bond acceptors (Lipinski definition) is 2. The first-order chi connectivity index (χ1) is 7.72. The molecule has 0 radical (unpaired) electrons. The molecule has 1 aromatic heterocycles. The first-order valence-corrected chi connectivity index (χ1v) is 5.19. The van der Waals surface area contributed by atoms with Gasteiger partial charge in [0.1, 0.15) is 5.75 Å². The maximum absolute atomic E-state index is 5.00. The summed E-state index contributed by atoms with van der Waals surface area (Å²) in [5, 5.41) is 0. The van der Waals surface area contributed by atoms with Gasteiger partial charge < -0.3 is 4.74 Å². The van der Waals surface area contributed by atoms with Crippen LogP contribution in [0.4, 0.5) is 0 Å². The van der Waals surface area contributed by atoms with Gasteiger partial charge in [-0.15, -0.1) is 0 Å². The van der Waals surface area contributed by atoms with Crippen LogP contribution in [-0.2, 0) is 0 Å². The Morgan fingerprint density at radius 1 is 1.00 bits per heavy atom. The number of nitrogens with zero attached hydrogens (tertiary/aromatic N) is 1. The molecular weight excluding hydrogens is 198 g/mol. The zero-order valence-corrected chi connectivity index (χ0v) is 9.97. The topological polar surface area (TPSA) is 22.1 Å². The first-order valence-electron chi connectivity index (χ1n) is 5.19. The fraction of sp³-hybridized carbons (Fsp3) is 0.214. The third kappa shape index (κ3) is 4.60. The van der Waals surface area contributed by atoms with E-state index in [2.05, 4.69) is 4.98 Å². The third-order valence-electron chi connectivity index (χ3n) is 2.03. The molecular formula is C14H17NO. The minimum absolute atomic E-state index is 0.926. The number of aromatic nitrogens is 1. The van der Waals surface area contributed by atoms with Gasteiger partial charge in [0.15, 0.2) is 0 Å². The van der Waals surface area contributed by atoms with Crippen LogP contribution in [0.5, 0.6) is 5.75 Å². The average molecular weight is 215 g/mol. The Balaban J connectivity index is 0.000000165. The highest BCUT2D eigenvalue weighted by molar-refractivity contribution is 5.27. The second-order valence-electron chi connectivity index (χ2n) is 3.55. The Bertz CT molecular complexity index is 412. The van der Waals surface area contributed by atoms with Crippen molar-refractivity contribution in [2.24, 2.45) is 0 Å². The van der Waals surface area contributed by atoms with Crippen molar-refractivity contribution in [3.05, 3.63) is 59.9 Å². The molecule has 2 aromatic rings. The smallest absolute Gasteiger partial charge is 0.119 e. The number of hydrogen-bond donors (Lipinski definition) is 0. The quantitative estimate of drug-likeness (QED) is 0.727. The molecule has 0 amide bonds. The Hall–Kier alpha value is -1.83. The normalized spacial score (nSPS) is 8.94. The summed E-state index contributed by atoms with van der Waals surface area (Å²) in [6, 6.07) is 11.9. The highest BCUT2D eigenvalue weighted by Crippen LogP contribution is 2.10. The molecule has 0 aliphatic carbocycles. The standard InChI is InChI=1S/C8H10O.C6H7N/c1-7-4-3-5-8(6-7)9-2;1-6-3-2-4-7-5-6/h3-6H,1-2H3;2-5H,1H3. The Labute approximate surface area is 96.9 Å². The Kier molecular flexibility index (Phi) is 5.06. The average Bonchev–Trinajstić information content (AvgIpc) is 2.31. The molecule has 0 saturated carbocycles. The lowest BCUT2D eigenvalue weighted by atomic mass is 10.2. The molecule has 0 unspecified atom stereocenters. The van der Waals surface area contributed by atoms with Crippen molar-refractivity contribution in [2.45, 2.75) is 13.8 Å². The van der Waals surface area contributed by atoms with Gasteiger partial charge in [-0.1, -0.05) is 18.2 Å². The SMILES string of the molecule is COc1cccc(C)c1.Cc1cccnc1. The van der Waals surface area contributed by atoms with Crippen molar-refractivity contribution < 1.29 is 4.74 Å².